The first-order valence-electron chi connectivity index (χ1n) is 6.26. The predicted molar refractivity (Wildman–Crippen MR) is 80.7 cm³/mol. The van der Waals surface area contributed by atoms with Crippen molar-refractivity contribution in [3.05, 3.63) is 52.5 Å². The van der Waals surface area contributed by atoms with E-state index in [0.717, 1.165) is 11.3 Å². The zero-order valence-electron chi connectivity index (χ0n) is 11.8. The number of aldehydes is 1. The summed E-state index contributed by atoms with van der Waals surface area (Å²) in [7, 11) is 3.11. The van der Waals surface area contributed by atoms with Crippen LogP contribution in [0.15, 0.2) is 36.4 Å². The molecule has 0 N–H and O–H groups in total. The van der Waals surface area contributed by atoms with Gasteiger partial charge in [0.05, 0.1) is 19.2 Å². The molecule has 0 unspecified atom stereocenters. The van der Waals surface area contributed by atoms with Crippen molar-refractivity contribution in [3.8, 4) is 17.2 Å². The van der Waals surface area contributed by atoms with Crippen molar-refractivity contribution in [2.75, 3.05) is 14.2 Å². The summed E-state index contributed by atoms with van der Waals surface area (Å²) in [6, 6.07) is 10.7. The summed E-state index contributed by atoms with van der Waals surface area (Å²) >= 11 is 6.13. The third-order valence-electron chi connectivity index (χ3n) is 2.91. The number of hydrogen-bond donors (Lipinski definition) is 0. The number of carbonyl (C=O) groups is 1. The monoisotopic (exact) mass is 306 g/mol. The first kappa shape index (κ1) is 15.2. The molecule has 0 saturated carbocycles. The van der Waals surface area contributed by atoms with Crippen LogP contribution in [0.1, 0.15) is 15.9 Å². The highest BCUT2D eigenvalue weighted by atomic mass is 35.5. The fraction of sp³-hybridized carbons (Fsp3) is 0.188. The lowest BCUT2D eigenvalue weighted by atomic mass is 10.2. The van der Waals surface area contributed by atoms with Crippen molar-refractivity contribution < 1.29 is 19.0 Å². The molecule has 0 fully saturated rings. The Morgan fingerprint density at radius 2 is 1.95 bits per heavy atom. The van der Waals surface area contributed by atoms with E-state index in [1.54, 1.807) is 13.2 Å². The lowest BCUT2D eigenvalue weighted by Gasteiger charge is -2.13. The summed E-state index contributed by atoms with van der Waals surface area (Å²) in [5, 5.41) is 0.333. The number of hydrogen-bond acceptors (Lipinski definition) is 4. The van der Waals surface area contributed by atoms with Crippen LogP contribution < -0.4 is 14.2 Å². The van der Waals surface area contributed by atoms with Gasteiger partial charge in [0.15, 0.2) is 11.5 Å². The second-order valence-electron chi connectivity index (χ2n) is 4.29. The molecule has 0 atom stereocenters. The molecule has 0 aliphatic rings. The number of rotatable bonds is 6. The Bertz CT molecular complexity index is 640. The molecule has 0 spiro atoms. The molecule has 0 radical (unpaired) electrons. The molecule has 0 aliphatic heterocycles. The maximum absolute atomic E-state index is 10.8. The van der Waals surface area contributed by atoms with E-state index < -0.39 is 0 Å². The molecule has 0 amide bonds. The maximum atomic E-state index is 10.8. The Morgan fingerprint density at radius 1 is 1.14 bits per heavy atom. The SMILES string of the molecule is COc1cccc(COc2c(Cl)cc(C=O)cc2OC)c1. The minimum absolute atomic E-state index is 0.313. The second-order valence-corrected chi connectivity index (χ2v) is 4.70. The first-order valence-corrected chi connectivity index (χ1v) is 6.64. The van der Waals surface area contributed by atoms with E-state index in [-0.39, 0.29) is 0 Å². The van der Waals surface area contributed by atoms with Gasteiger partial charge in [-0.05, 0) is 29.8 Å². The standard InChI is InChI=1S/C16H15ClO4/c1-19-13-5-3-4-11(6-13)10-21-16-14(17)7-12(9-18)8-15(16)20-2/h3-9H,10H2,1-2H3. The topological polar surface area (TPSA) is 44.8 Å². The molecule has 0 aliphatic carbocycles. The van der Waals surface area contributed by atoms with Gasteiger partial charge in [-0.25, -0.2) is 0 Å². The number of benzene rings is 2. The lowest BCUT2D eigenvalue weighted by molar-refractivity contribution is 0.112. The minimum Gasteiger partial charge on any atom is -0.497 e. The van der Waals surface area contributed by atoms with E-state index in [9.17, 15) is 4.79 Å². The molecule has 21 heavy (non-hydrogen) atoms. The van der Waals surface area contributed by atoms with Crippen LogP contribution in [0.3, 0.4) is 0 Å². The van der Waals surface area contributed by atoms with Crippen LogP contribution >= 0.6 is 11.6 Å². The van der Waals surface area contributed by atoms with E-state index in [1.807, 2.05) is 24.3 Å². The maximum Gasteiger partial charge on any atom is 0.180 e. The Hall–Kier alpha value is -2.20. The van der Waals surface area contributed by atoms with Gasteiger partial charge in [-0.15, -0.1) is 0 Å². The highest BCUT2D eigenvalue weighted by molar-refractivity contribution is 6.32. The van der Waals surface area contributed by atoms with Gasteiger partial charge >= 0.3 is 0 Å². The normalized spacial score (nSPS) is 10.0. The predicted octanol–water partition coefficient (Wildman–Crippen LogP) is 3.75. The van der Waals surface area contributed by atoms with E-state index in [4.69, 9.17) is 25.8 Å². The van der Waals surface area contributed by atoms with E-state index in [2.05, 4.69) is 0 Å². The first-order chi connectivity index (χ1) is 10.2. The van der Waals surface area contributed by atoms with Crippen LogP contribution in [0.4, 0.5) is 0 Å². The van der Waals surface area contributed by atoms with Crippen LogP contribution in [-0.2, 0) is 6.61 Å². The molecular formula is C16H15ClO4. The van der Waals surface area contributed by atoms with Gasteiger partial charge in [0.25, 0.3) is 0 Å². The van der Waals surface area contributed by atoms with Crippen LogP contribution in [-0.4, -0.2) is 20.5 Å². The van der Waals surface area contributed by atoms with Crippen LogP contribution in [0.2, 0.25) is 5.02 Å². The molecule has 5 heteroatoms. The fourth-order valence-corrected chi connectivity index (χ4v) is 2.14. The number of carbonyl (C=O) groups excluding carboxylic acids is 1. The fourth-order valence-electron chi connectivity index (χ4n) is 1.87. The Labute approximate surface area is 128 Å². The van der Waals surface area contributed by atoms with Gasteiger partial charge in [-0.2, -0.15) is 0 Å². The summed E-state index contributed by atoms with van der Waals surface area (Å²) in [4.78, 5) is 10.8. The number of methoxy groups -OCH3 is 2. The third kappa shape index (κ3) is 3.67. The molecule has 2 aromatic carbocycles. The van der Waals surface area contributed by atoms with Crippen molar-refractivity contribution in [1.82, 2.24) is 0 Å². The molecule has 0 bridgehead atoms. The zero-order chi connectivity index (χ0) is 15.2. The summed E-state index contributed by atoms with van der Waals surface area (Å²) in [6.07, 6.45) is 0.709. The summed E-state index contributed by atoms with van der Waals surface area (Å²) in [6.45, 7) is 0.313. The van der Waals surface area contributed by atoms with Crippen LogP contribution in [0.5, 0.6) is 17.2 Å². The Balaban J connectivity index is 2.21. The van der Waals surface area contributed by atoms with Crippen molar-refractivity contribution in [1.29, 1.82) is 0 Å². The van der Waals surface area contributed by atoms with Gasteiger partial charge in [0.1, 0.15) is 18.6 Å². The van der Waals surface area contributed by atoms with Gasteiger partial charge in [-0.3, -0.25) is 4.79 Å². The highest BCUT2D eigenvalue weighted by Crippen LogP contribution is 2.36. The van der Waals surface area contributed by atoms with Crippen molar-refractivity contribution in [3.63, 3.8) is 0 Å². The average Bonchev–Trinajstić information content (AvgIpc) is 2.53. The third-order valence-corrected chi connectivity index (χ3v) is 3.19. The molecule has 0 heterocycles. The zero-order valence-corrected chi connectivity index (χ0v) is 12.5. The Kier molecular flexibility index (Phi) is 5.06. The van der Waals surface area contributed by atoms with Gasteiger partial charge in [0, 0.05) is 5.56 Å². The average molecular weight is 307 g/mol. The summed E-state index contributed by atoms with van der Waals surface area (Å²) in [5.74, 6) is 1.59. The van der Waals surface area contributed by atoms with Gasteiger partial charge in [0.2, 0.25) is 0 Å². The largest absolute Gasteiger partial charge is 0.497 e. The smallest absolute Gasteiger partial charge is 0.180 e. The Morgan fingerprint density at radius 3 is 2.62 bits per heavy atom. The molecule has 2 aromatic rings. The molecule has 0 saturated heterocycles. The molecule has 110 valence electrons. The van der Waals surface area contributed by atoms with Crippen molar-refractivity contribution >= 4 is 17.9 Å². The van der Waals surface area contributed by atoms with Crippen LogP contribution in [0.25, 0.3) is 0 Å². The van der Waals surface area contributed by atoms with E-state index in [0.29, 0.717) is 35.0 Å². The molecular weight excluding hydrogens is 292 g/mol. The van der Waals surface area contributed by atoms with Gasteiger partial charge in [-0.1, -0.05) is 23.7 Å². The minimum atomic E-state index is 0.313. The van der Waals surface area contributed by atoms with Gasteiger partial charge < -0.3 is 14.2 Å². The molecule has 2 rings (SSSR count). The second kappa shape index (κ2) is 6.99. The van der Waals surface area contributed by atoms with Crippen molar-refractivity contribution in [2.24, 2.45) is 0 Å². The summed E-state index contributed by atoms with van der Waals surface area (Å²) in [5.41, 5.74) is 1.37. The quantitative estimate of drug-likeness (QED) is 0.762. The van der Waals surface area contributed by atoms with Crippen molar-refractivity contribution in [2.45, 2.75) is 6.61 Å². The van der Waals surface area contributed by atoms with E-state index >= 15 is 0 Å². The summed E-state index contributed by atoms with van der Waals surface area (Å²) < 4.78 is 16.1. The highest BCUT2D eigenvalue weighted by Gasteiger charge is 2.12. The van der Waals surface area contributed by atoms with E-state index in [1.165, 1.54) is 13.2 Å². The number of halogens is 1. The van der Waals surface area contributed by atoms with Crippen LogP contribution in [0, 0.1) is 0 Å². The molecule has 4 nitrogen and oxygen atoms in total. The number of ether oxygens (including phenoxy) is 3. The molecule has 0 aromatic heterocycles. The lowest BCUT2D eigenvalue weighted by Crippen LogP contribution is -1.99.